The molecule has 104 valence electrons. The first kappa shape index (κ1) is 14.4. The number of thioether (sulfide) groups is 1. The summed E-state index contributed by atoms with van der Waals surface area (Å²) < 4.78 is 0. The summed E-state index contributed by atoms with van der Waals surface area (Å²) in [6.07, 6.45) is 2.12. The van der Waals surface area contributed by atoms with Crippen LogP contribution < -0.4 is 10.6 Å². The predicted octanol–water partition coefficient (Wildman–Crippen LogP) is 3.59. The van der Waals surface area contributed by atoms with E-state index < -0.39 is 0 Å². The Hall–Kier alpha value is -1.01. The third kappa shape index (κ3) is 3.51. The van der Waals surface area contributed by atoms with Crippen molar-refractivity contribution in [2.75, 3.05) is 29.2 Å². The third-order valence-electron chi connectivity index (χ3n) is 2.65. The lowest BCUT2D eigenvalue weighted by Gasteiger charge is -2.14. The van der Waals surface area contributed by atoms with Crippen LogP contribution >= 0.6 is 23.1 Å². The summed E-state index contributed by atoms with van der Waals surface area (Å²) in [5, 5.41) is 7.81. The molecule has 6 heteroatoms. The fourth-order valence-electron chi connectivity index (χ4n) is 1.91. The van der Waals surface area contributed by atoms with E-state index in [2.05, 4.69) is 53.7 Å². The van der Waals surface area contributed by atoms with Crippen molar-refractivity contribution in [1.29, 1.82) is 0 Å². The lowest BCUT2D eigenvalue weighted by molar-refractivity contribution is 0.904. The third-order valence-corrected chi connectivity index (χ3v) is 4.43. The van der Waals surface area contributed by atoms with Gasteiger partial charge in [-0.1, -0.05) is 0 Å². The second kappa shape index (κ2) is 6.43. The van der Waals surface area contributed by atoms with E-state index in [0.29, 0.717) is 12.0 Å². The summed E-state index contributed by atoms with van der Waals surface area (Å²) in [5.74, 6) is 2.70. The first-order chi connectivity index (χ1) is 9.13. The van der Waals surface area contributed by atoms with E-state index in [1.165, 1.54) is 4.88 Å². The Balaban J connectivity index is 2.37. The van der Waals surface area contributed by atoms with Crippen molar-refractivity contribution in [3.05, 3.63) is 10.9 Å². The summed E-state index contributed by atoms with van der Waals surface area (Å²) in [5.41, 5.74) is 0. The van der Waals surface area contributed by atoms with Gasteiger partial charge in [0.2, 0.25) is 5.95 Å². The van der Waals surface area contributed by atoms with Crippen LogP contribution in [0.4, 0.5) is 11.8 Å². The predicted molar refractivity (Wildman–Crippen MR) is 87.8 cm³/mol. The van der Waals surface area contributed by atoms with Crippen LogP contribution in [0.1, 0.15) is 18.7 Å². The molecule has 1 atom stereocenters. The molecule has 0 spiro atoms. The number of rotatable bonds is 6. The second-order valence-corrected chi connectivity index (χ2v) is 6.65. The monoisotopic (exact) mass is 296 g/mol. The molecule has 19 heavy (non-hydrogen) atoms. The highest BCUT2D eigenvalue weighted by Gasteiger charge is 2.12. The number of anilines is 2. The average Bonchev–Trinajstić information content (AvgIpc) is 2.70. The number of fused-ring (bicyclic) bond motifs is 1. The second-order valence-electron chi connectivity index (χ2n) is 4.50. The highest BCUT2D eigenvalue weighted by molar-refractivity contribution is 7.98. The van der Waals surface area contributed by atoms with Crippen LogP contribution in [-0.4, -0.2) is 34.6 Å². The van der Waals surface area contributed by atoms with Gasteiger partial charge in [0.25, 0.3) is 0 Å². The Morgan fingerprint density at radius 1 is 1.42 bits per heavy atom. The molecule has 2 N–H and O–H groups in total. The maximum Gasteiger partial charge on any atom is 0.226 e. The maximum absolute atomic E-state index is 4.59. The van der Waals surface area contributed by atoms with Gasteiger partial charge in [0.05, 0.1) is 5.39 Å². The van der Waals surface area contributed by atoms with Crippen molar-refractivity contribution in [2.45, 2.75) is 26.8 Å². The normalized spacial score (nSPS) is 12.6. The molecular formula is C13H20N4S2. The van der Waals surface area contributed by atoms with E-state index >= 15 is 0 Å². The zero-order chi connectivity index (χ0) is 13.8. The molecule has 0 bridgehead atoms. The Kier molecular flexibility index (Phi) is 4.87. The molecule has 0 fully saturated rings. The van der Waals surface area contributed by atoms with Crippen LogP contribution in [0.2, 0.25) is 0 Å². The van der Waals surface area contributed by atoms with Gasteiger partial charge >= 0.3 is 0 Å². The highest BCUT2D eigenvalue weighted by atomic mass is 32.2. The number of hydrogen-bond donors (Lipinski definition) is 2. The number of aryl methyl sites for hydroxylation is 1. The minimum absolute atomic E-state index is 0.391. The van der Waals surface area contributed by atoms with Crippen molar-refractivity contribution in [1.82, 2.24) is 9.97 Å². The van der Waals surface area contributed by atoms with E-state index in [-0.39, 0.29) is 0 Å². The number of nitrogens with zero attached hydrogens (tertiary/aromatic N) is 2. The van der Waals surface area contributed by atoms with Crippen LogP contribution in [0, 0.1) is 6.92 Å². The standard InChI is InChI=1S/C13H20N4S2/c1-5-14-13-16-11(15-8(2)7-18-4)10-6-9(3)19-12(10)17-13/h6,8H,5,7H2,1-4H3,(H2,14,15,16,17). The molecular weight excluding hydrogens is 276 g/mol. The molecule has 0 saturated carbocycles. The summed E-state index contributed by atoms with van der Waals surface area (Å²) >= 11 is 3.55. The van der Waals surface area contributed by atoms with Crippen molar-refractivity contribution in [3.63, 3.8) is 0 Å². The van der Waals surface area contributed by atoms with Crippen molar-refractivity contribution in [3.8, 4) is 0 Å². The molecule has 0 saturated heterocycles. The van der Waals surface area contributed by atoms with Gasteiger partial charge in [-0.05, 0) is 33.1 Å². The first-order valence-electron chi connectivity index (χ1n) is 6.41. The fraction of sp³-hybridized carbons (Fsp3) is 0.538. The lowest BCUT2D eigenvalue weighted by atomic mass is 10.3. The topological polar surface area (TPSA) is 49.8 Å². The molecule has 0 amide bonds. The van der Waals surface area contributed by atoms with E-state index in [1.807, 2.05) is 11.8 Å². The van der Waals surface area contributed by atoms with E-state index in [0.717, 1.165) is 28.3 Å². The van der Waals surface area contributed by atoms with Gasteiger partial charge in [-0.2, -0.15) is 16.7 Å². The van der Waals surface area contributed by atoms with Crippen LogP contribution in [0.25, 0.3) is 10.2 Å². The van der Waals surface area contributed by atoms with Gasteiger partial charge in [-0.3, -0.25) is 0 Å². The quantitative estimate of drug-likeness (QED) is 0.853. The van der Waals surface area contributed by atoms with Crippen molar-refractivity contribution >= 4 is 45.1 Å². The Labute approximate surface area is 122 Å². The van der Waals surface area contributed by atoms with Crippen LogP contribution in [0.5, 0.6) is 0 Å². The molecule has 0 aliphatic heterocycles. The number of nitrogens with one attached hydrogen (secondary N) is 2. The summed E-state index contributed by atoms with van der Waals surface area (Å²) in [7, 11) is 0. The molecule has 2 rings (SSSR count). The van der Waals surface area contributed by atoms with Gasteiger partial charge < -0.3 is 10.6 Å². The Morgan fingerprint density at radius 2 is 2.21 bits per heavy atom. The fourth-order valence-corrected chi connectivity index (χ4v) is 3.38. The van der Waals surface area contributed by atoms with Crippen molar-refractivity contribution in [2.24, 2.45) is 0 Å². The summed E-state index contributed by atoms with van der Waals surface area (Å²) in [6.45, 7) is 7.16. The maximum atomic E-state index is 4.59. The van der Waals surface area contributed by atoms with E-state index in [9.17, 15) is 0 Å². The molecule has 1 unspecified atom stereocenters. The van der Waals surface area contributed by atoms with Crippen LogP contribution in [-0.2, 0) is 0 Å². The Morgan fingerprint density at radius 3 is 2.89 bits per heavy atom. The zero-order valence-corrected chi connectivity index (χ0v) is 13.4. The molecule has 0 radical (unpaired) electrons. The number of aromatic nitrogens is 2. The molecule has 0 aliphatic carbocycles. The largest absolute Gasteiger partial charge is 0.366 e. The highest BCUT2D eigenvalue weighted by Crippen LogP contribution is 2.30. The van der Waals surface area contributed by atoms with E-state index in [4.69, 9.17) is 0 Å². The minimum atomic E-state index is 0.391. The molecule has 0 aromatic carbocycles. The smallest absolute Gasteiger partial charge is 0.226 e. The molecule has 2 aromatic heterocycles. The van der Waals surface area contributed by atoms with Gasteiger partial charge in [-0.15, -0.1) is 11.3 Å². The molecule has 0 aliphatic rings. The molecule has 4 nitrogen and oxygen atoms in total. The summed E-state index contributed by atoms with van der Waals surface area (Å²) in [4.78, 5) is 11.4. The SMILES string of the molecule is CCNc1nc(NC(C)CSC)c2cc(C)sc2n1. The molecule has 2 heterocycles. The van der Waals surface area contributed by atoms with Gasteiger partial charge in [-0.25, -0.2) is 4.98 Å². The number of thiophene rings is 1. The zero-order valence-electron chi connectivity index (χ0n) is 11.8. The Bertz CT molecular complexity index is 553. The van der Waals surface area contributed by atoms with Crippen molar-refractivity contribution < 1.29 is 0 Å². The molecule has 2 aromatic rings. The van der Waals surface area contributed by atoms with Gasteiger partial charge in [0.15, 0.2) is 0 Å². The average molecular weight is 296 g/mol. The number of hydrogen-bond acceptors (Lipinski definition) is 6. The van der Waals surface area contributed by atoms with E-state index in [1.54, 1.807) is 11.3 Å². The van der Waals surface area contributed by atoms with Gasteiger partial charge in [0, 0.05) is 23.2 Å². The summed E-state index contributed by atoms with van der Waals surface area (Å²) in [6, 6.07) is 2.55. The minimum Gasteiger partial charge on any atom is -0.366 e. The lowest BCUT2D eigenvalue weighted by Crippen LogP contribution is -2.19. The van der Waals surface area contributed by atoms with Crippen LogP contribution in [0.15, 0.2) is 6.07 Å². The first-order valence-corrected chi connectivity index (χ1v) is 8.62. The van der Waals surface area contributed by atoms with Crippen LogP contribution in [0.3, 0.4) is 0 Å². The van der Waals surface area contributed by atoms with Gasteiger partial charge in [0.1, 0.15) is 10.6 Å².